The van der Waals surface area contributed by atoms with Crippen molar-refractivity contribution in [3.8, 4) is 0 Å². The molecule has 1 amide bonds. The first-order chi connectivity index (χ1) is 36.7. The van der Waals surface area contributed by atoms with Gasteiger partial charge in [0, 0.05) is 12.8 Å². The van der Waals surface area contributed by atoms with Crippen LogP contribution >= 0.6 is 0 Å². The molecular weight excluding hydrogens is 943 g/mol. The molecule has 11 heteroatoms. The van der Waals surface area contributed by atoms with Crippen molar-refractivity contribution in [1.29, 1.82) is 0 Å². The molecule has 1 fully saturated rings. The van der Waals surface area contributed by atoms with E-state index in [-0.39, 0.29) is 18.5 Å². The summed E-state index contributed by atoms with van der Waals surface area (Å²) in [4.78, 5) is 25.1. The minimum Gasteiger partial charge on any atom is -0.466 e. The second-order valence-electron chi connectivity index (χ2n) is 22.5. The van der Waals surface area contributed by atoms with Gasteiger partial charge in [-0.05, 0) is 57.8 Å². The third-order valence-electron chi connectivity index (χ3n) is 15.3. The molecule has 0 saturated carbocycles. The van der Waals surface area contributed by atoms with Gasteiger partial charge < -0.3 is 45.1 Å². The molecule has 0 aromatic rings. The number of amides is 1. The molecule has 1 saturated heterocycles. The zero-order valence-corrected chi connectivity index (χ0v) is 48.8. The van der Waals surface area contributed by atoms with Gasteiger partial charge in [-0.25, -0.2) is 0 Å². The van der Waals surface area contributed by atoms with E-state index in [1.165, 1.54) is 218 Å². The third-order valence-corrected chi connectivity index (χ3v) is 15.3. The van der Waals surface area contributed by atoms with Gasteiger partial charge in [-0.2, -0.15) is 0 Å². The highest BCUT2D eigenvalue weighted by molar-refractivity contribution is 5.76. The highest BCUT2D eigenvalue weighted by Crippen LogP contribution is 2.23. The zero-order chi connectivity index (χ0) is 54.5. The number of carbonyl (C=O) groups excluding carboxylic acids is 2. The molecule has 0 aliphatic carbocycles. The summed E-state index contributed by atoms with van der Waals surface area (Å²) in [6.07, 6.45) is 55.8. The number of esters is 1. The van der Waals surface area contributed by atoms with Crippen molar-refractivity contribution in [2.45, 2.75) is 352 Å². The van der Waals surface area contributed by atoms with Crippen molar-refractivity contribution >= 4 is 11.9 Å². The standard InChI is InChI=1S/C64H121NO10/c1-3-5-7-9-11-13-14-15-16-17-19-23-26-29-32-36-40-44-48-52-60(69)73-53-49-45-41-37-33-30-27-24-21-18-20-22-25-28-31-35-39-43-47-51-59(68)65-56(57(67)50-46-42-38-34-12-10-8-6-4-2)55-74-64-63(72)62(71)61(70)58(54-66)75-64/h15-16,46,50,56-58,61-64,66-67,70-72H,3-14,17-45,47-49,51-55H2,1-2H3,(H,65,68)/b16-15-,50-46+. The van der Waals surface area contributed by atoms with Crippen LogP contribution in [0.5, 0.6) is 0 Å². The number of aliphatic hydroxyl groups is 5. The van der Waals surface area contributed by atoms with Crippen molar-refractivity contribution in [2.75, 3.05) is 19.8 Å². The van der Waals surface area contributed by atoms with E-state index in [0.29, 0.717) is 19.4 Å². The van der Waals surface area contributed by atoms with Crippen molar-refractivity contribution in [2.24, 2.45) is 0 Å². The molecule has 442 valence electrons. The maximum absolute atomic E-state index is 13.0. The average molecular weight is 1060 g/mol. The zero-order valence-electron chi connectivity index (χ0n) is 48.8. The summed E-state index contributed by atoms with van der Waals surface area (Å²) >= 11 is 0. The number of carbonyl (C=O) groups is 2. The summed E-state index contributed by atoms with van der Waals surface area (Å²) in [7, 11) is 0. The number of allylic oxidation sites excluding steroid dienone is 3. The molecule has 7 unspecified atom stereocenters. The fourth-order valence-corrected chi connectivity index (χ4v) is 10.2. The Morgan fingerprint density at radius 1 is 0.480 bits per heavy atom. The predicted molar refractivity (Wildman–Crippen MR) is 311 cm³/mol. The smallest absolute Gasteiger partial charge is 0.305 e. The lowest BCUT2D eigenvalue weighted by Crippen LogP contribution is -2.60. The Morgan fingerprint density at radius 2 is 0.853 bits per heavy atom. The van der Waals surface area contributed by atoms with Crippen LogP contribution in [0.3, 0.4) is 0 Å². The first-order valence-corrected chi connectivity index (χ1v) is 32.1. The molecule has 75 heavy (non-hydrogen) atoms. The molecule has 6 N–H and O–H groups in total. The first kappa shape index (κ1) is 71.2. The van der Waals surface area contributed by atoms with Gasteiger partial charge in [-0.15, -0.1) is 0 Å². The van der Waals surface area contributed by atoms with E-state index in [9.17, 15) is 35.1 Å². The Morgan fingerprint density at radius 3 is 1.28 bits per heavy atom. The largest absolute Gasteiger partial charge is 0.466 e. The van der Waals surface area contributed by atoms with Crippen LogP contribution in [-0.4, -0.2) is 100 Å². The van der Waals surface area contributed by atoms with Gasteiger partial charge in [0.25, 0.3) is 0 Å². The molecular formula is C64H121NO10. The van der Waals surface area contributed by atoms with Crippen LogP contribution in [0.4, 0.5) is 0 Å². The van der Waals surface area contributed by atoms with Gasteiger partial charge in [-0.1, -0.05) is 263 Å². The van der Waals surface area contributed by atoms with Crippen LogP contribution in [0, 0.1) is 0 Å². The van der Waals surface area contributed by atoms with Crippen LogP contribution in [0.1, 0.15) is 309 Å². The Hall–Kier alpha value is -1.86. The Balaban J connectivity index is 1.96. The quantitative estimate of drug-likeness (QED) is 0.0195. The normalized spacial score (nSPS) is 18.8. The molecule has 0 aromatic carbocycles. The lowest BCUT2D eigenvalue weighted by atomic mass is 9.99. The Labute approximate surface area is 461 Å². The molecule has 11 nitrogen and oxygen atoms in total. The Bertz CT molecular complexity index is 1300. The van der Waals surface area contributed by atoms with Crippen LogP contribution in [-0.2, 0) is 23.8 Å². The topological polar surface area (TPSA) is 175 Å². The van der Waals surface area contributed by atoms with Crippen LogP contribution in [0.25, 0.3) is 0 Å². The van der Waals surface area contributed by atoms with E-state index < -0.39 is 49.5 Å². The van der Waals surface area contributed by atoms with Gasteiger partial charge in [-0.3, -0.25) is 9.59 Å². The predicted octanol–water partition coefficient (Wildman–Crippen LogP) is 15.3. The lowest BCUT2D eigenvalue weighted by Gasteiger charge is -2.40. The van der Waals surface area contributed by atoms with Crippen molar-refractivity contribution in [1.82, 2.24) is 5.32 Å². The summed E-state index contributed by atoms with van der Waals surface area (Å²) in [5, 5.41) is 54.2. The first-order valence-electron chi connectivity index (χ1n) is 32.1. The maximum atomic E-state index is 13.0. The summed E-state index contributed by atoms with van der Waals surface area (Å²) in [5.41, 5.74) is 0. The summed E-state index contributed by atoms with van der Waals surface area (Å²) in [5.74, 6) is -0.192. The fraction of sp³-hybridized carbons (Fsp3) is 0.906. The number of aliphatic hydroxyl groups excluding tert-OH is 5. The lowest BCUT2D eigenvalue weighted by molar-refractivity contribution is -0.302. The summed E-state index contributed by atoms with van der Waals surface area (Å²) in [6, 6.07) is -0.810. The fourth-order valence-electron chi connectivity index (χ4n) is 10.2. The molecule has 1 aliphatic rings. The summed E-state index contributed by atoms with van der Waals surface area (Å²) in [6.45, 7) is 4.32. The van der Waals surface area contributed by atoms with Crippen LogP contribution < -0.4 is 5.32 Å². The van der Waals surface area contributed by atoms with Gasteiger partial charge in [0.05, 0.1) is 32.0 Å². The molecule has 1 heterocycles. The van der Waals surface area contributed by atoms with Gasteiger partial charge in [0.15, 0.2) is 6.29 Å². The highest BCUT2D eigenvalue weighted by Gasteiger charge is 2.44. The van der Waals surface area contributed by atoms with Crippen molar-refractivity contribution in [3.63, 3.8) is 0 Å². The number of hydrogen-bond donors (Lipinski definition) is 6. The molecule has 0 aromatic heterocycles. The van der Waals surface area contributed by atoms with Crippen LogP contribution in [0.15, 0.2) is 24.3 Å². The number of hydrogen-bond acceptors (Lipinski definition) is 10. The molecule has 0 spiro atoms. The minimum absolute atomic E-state index is 0.00592. The van der Waals surface area contributed by atoms with E-state index >= 15 is 0 Å². The monoisotopic (exact) mass is 1060 g/mol. The maximum Gasteiger partial charge on any atom is 0.305 e. The SMILES string of the molecule is CCCCCCCC/C=C\CCCCCCCCCCCC(=O)OCCCCCCCCCCCCCCCCCCCCCC(=O)NC(COC1OC(CO)C(O)C(O)C1O)C(O)/C=C/CCCCCCCCC. The number of rotatable bonds is 56. The van der Waals surface area contributed by atoms with Crippen LogP contribution in [0.2, 0.25) is 0 Å². The number of ether oxygens (including phenoxy) is 3. The van der Waals surface area contributed by atoms with E-state index in [1.54, 1.807) is 6.08 Å². The Kier molecular flexibility index (Phi) is 51.3. The van der Waals surface area contributed by atoms with Gasteiger partial charge in [0.1, 0.15) is 24.4 Å². The molecule has 7 atom stereocenters. The average Bonchev–Trinajstić information content (AvgIpc) is 3.41. The molecule has 0 radical (unpaired) electrons. The highest BCUT2D eigenvalue weighted by atomic mass is 16.7. The summed E-state index contributed by atoms with van der Waals surface area (Å²) < 4.78 is 16.7. The van der Waals surface area contributed by atoms with E-state index in [0.717, 1.165) is 64.2 Å². The molecule has 0 bridgehead atoms. The van der Waals surface area contributed by atoms with Crippen molar-refractivity contribution in [3.05, 3.63) is 24.3 Å². The van der Waals surface area contributed by atoms with Gasteiger partial charge >= 0.3 is 5.97 Å². The minimum atomic E-state index is -1.57. The van der Waals surface area contributed by atoms with Gasteiger partial charge in [0.2, 0.25) is 5.91 Å². The number of nitrogens with one attached hydrogen (secondary N) is 1. The second-order valence-corrected chi connectivity index (χ2v) is 22.5. The number of unbranched alkanes of at least 4 members (excludes halogenated alkanes) is 40. The molecule has 1 aliphatic heterocycles. The third kappa shape index (κ3) is 43.7. The van der Waals surface area contributed by atoms with E-state index in [1.807, 2.05) is 6.08 Å². The molecule has 1 rings (SSSR count). The van der Waals surface area contributed by atoms with Crippen molar-refractivity contribution < 1.29 is 49.3 Å². The second kappa shape index (κ2) is 54.1. The van der Waals surface area contributed by atoms with E-state index in [2.05, 4.69) is 31.3 Å². The van der Waals surface area contributed by atoms with E-state index in [4.69, 9.17) is 14.2 Å².